The molecule has 2 rings (SSSR count). The maximum absolute atomic E-state index is 12.5. The number of carboxylic acids is 1. The van der Waals surface area contributed by atoms with Crippen LogP contribution in [0.5, 0.6) is 0 Å². The lowest BCUT2D eigenvalue weighted by atomic mass is 9.79. The zero-order valence-electron chi connectivity index (χ0n) is 12.0. The summed E-state index contributed by atoms with van der Waals surface area (Å²) in [5.74, 6) is -1.81. The second-order valence-electron chi connectivity index (χ2n) is 6.31. The van der Waals surface area contributed by atoms with Gasteiger partial charge in [-0.1, -0.05) is 12.8 Å². The Labute approximate surface area is 123 Å². The Bertz CT molecular complexity index is 445. The van der Waals surface area contributed by atoms with Crippen LogP contribution in [0.3, 0.4) is 0 Å². The summed E-state index contributed by atoms with van der Waals surface area (Å²) in [5.41, 5.74) is 4.76. The number of aliphatic hydroxyl groups excluding tert-OH is 1. The van der Waals surface area contributed by atoms with Crippen LogP contribution in [0.25, 0.3) is 0 Å². The van der Waals surface area contributed by atoms with E-state index in [0.717, 1.165) is 12.8 Å². The Balaban J connectivity index is 2.08. The van der Waals surface area contributed by atoms with E-state index in [2.05, 4.69) is 0 Å². The Kier molecular flexibility index (Phi) is 4.51. The number of nitrogens with zero attached hydrogens (tertiary/aromatic N) is 1. The lowest BCUT2D eigenvalue weighted by molar-refractivity contribution is -0.143. The van der Waals surface area contributed by atoms with Gasteiger partial charge in [0.15, 0.2) is 0 Å². The summed E-state index contributed by atoms with van der Waals surface area (Å²) in [7, 11) is 0. The summed E-state index contributed by atoms with van der Waals surface area (Å²) >= 11 is 0. The average Bonchev–Trinajstić information content (AvgIpc) is 2.95. The van der Waals surface area contributed by atoms with E-state index in [1.54, 1.807) is 0 Å². The topological polar surface area (TPSA) is 121 Å². The molecule has 1 saturated carbocycles. The molecule has 118 valence electrons. The first-order chi connectivity index (χ1) is 9.83. The quantitative estimate of drug-likeness (QED) is 0.652. The fourth-order valence-electron chi connectivity index (χ4n) is 3.64. The number of aliphatic carboxylic acids is 1. The summed E-state index contributed by atoms with van der Waals surface area (Å²) in [6, 6.07) is -0.782. The maximum atomic E-state index is 12.5. The molecular formula is C14H22N2O5. The average molecular weight is 298 g/mol. The standard InChI is InChI=1S/C14H22N2O5/c15-13(21)10-5-9(17)8-16(10)11(18)6-14(7-12(19)20)3-1-2-4-14/h9-10,17H,1-8H2,(H2,15,21)(H,19,20). The summed E-state index contributed by atoms with van der Waals surface area (Å²) in [6.45, 7) is 0.0928. The monoisotopic (exact) mass is 298 g/mol. The molecule has 4 N–H and O–H groups in total. The van der Waals surface area contributed by atoms with Gasteiger partial charge in [0.25, 0.3) is 0 Å². The number of β-amino-alcohol motifs (C(OH)–C–C–N with tert-alkyl or cyclic N) is 1. The van der Waals surface area contributed by atoms with Crippen molar-refractivity contribution >= 4 is 17.8 Å². The number of likely N-dealkylation sites (tertiary alicyclic amines) is 1. The van der Waals surface area contributed by atoms with Crippen molar-refractivity contribution in [3.63, 3.8) is 0 Å². The zero-order valence-corrected chi connectivity index (χ0v) is 12.0. The number of nitrogens with two attached hydrogens (primary N) is 1. The largest absolute Gasteiger partial charge is 0.481 e. The molecule has 21 heavy (non-hydrogen) atoms. The highest BCUT2D eigenvalue weighted by atomic mass is 16.4. The predicted molar refractivity (Wildman–Crippen MR) is 73.1 cm³/mol. The minimum absolute atomic E-state index is 0.0314. The first-order valence-electron chi connectivity index (χ1n) is 7.32. The van der Waals surface area contributed by atoms with Crippen molar-refractivity contribution in [2.24, 2.45) is 11.1 Å². The van der Waals surface area contributed by atoms with Gasteiger partial charge in [-0.05, 0) is 18.3 Å². The van der Waals surface area contributed by atoms with Gasteiger partial charge in [-0.15, -0.1) is 0 Å². The molecule has 1 aliphatic heterocycles. The van der Waals surface area contributed by atoms with Crippen molar-refractivity contribution < 1.29 is 24.6 Å². The van der Waals surface area contributed by atoms with Crippen LogP contribution in [0.4, 0.5) is 0 Å². The minimum atomic E-state index is -0.905. The third-order valence-electron chi connectivity index (χ3n) is 4.64. The second-order valence-corrected chi connectivity index (χ2v) is 6.31. The van der Waals surface area contributed by atoms with E-state index in [1.807, 2.05) is 0 Å². The molecule has 2 aliphatic rings. The maximum Gasteiger partial charge on any atom is 0.303 e. The minimum Gasteiger partial charge on any atom is -0.481 e. The van der Waals surface area contributed by atoms with Gasteiger partial charge >= 0.3 is 5.97 Å². The molecule has 2 atom stereocenters. The van der Waals surface area contributed by atoms with E-state index in [4.69, 9.17) is 10.8 Å². The number of carbonyl (C=O) groups excluding carboxylic acids is 2. The van der Waals surface area contributed by atoms with Crippen LogP contribution in [0, 0.1) is 5.41 Å². The lowest BCUT2D eigenvalue weighted by Crippen LogP contribution is -2.45. The number of carbonyl (C=O) groups is 3. The number of rotatable bonds is 5. The van der Waals surface area contributed by atoms with E-state index in [-0.39, 0.29) is 31.7 Å². The normalized spacial score (nSPS) is 27.8. The van der Waals surface area contributed by atoms with Crippen LogP contribution in [0.1, 0.15) is 44.9 Å². The Hall–Kier alpha value is -1.63. The summed E-state index contributed by atoms with van der Waals surface area (Å²) in [6.07, 6.45) is 2.75. The van der Waals surface area contributed by atoms with E-state index in [1.165, 1.54) is 4.90 Å². The number of hydrogen-bond acceptors (Lipinski definition) is 4. The molecule has 0 aromatic heterocycles. The van der Waals surface area contributed by atoms with Crippen LogP contribution in [0.2, 0.25) is 0 Å². The van der Waals surface area contributed by atoms with Crippen molar-refractivity contribution in [3.05, 3.63) is 0 Å². The molecule has 7 heteroatoms. The summed E-state index contributed by atoms with van der Waals surface area (Å²) < 4.78 is 0. The molecule has 1 saturated heterocycles. The molecule has 0 bridgehead atoms. The highest BCUT2D eigenvalue weighted by Crippen LogP contribution is 2.44. The molecular weight excluding hydrogens is 276 g/mol. The van der Waals surface area contributed by atoms with Crippen LogP contribution in [-0.2, 0) is 14.4 Å². The zero-order chi connectivity index (χ0) is 15.6. The first-order valence-corrected chi connectivity index (χ1v) is 7.32. The SMILES string of the molecule is NC(=O)C1CC(O)CN1C(=O)CC1(CC(=O)O)CCCC1. The number of hydrogen-bond donors (Lipinski definition) is 3. The third kappa shape index (κ3) is 3.53. The van der Waals surface area contributed by atoms with E-state index < -0.39 is 29.4 Å². The van der Waals surface area contributed by atoms with Gasteiger partial charge in [-0.2, -0.15) is 0 Å². The molecule has 1 heterocycles. The molecule has 2 fully saturated rings. The molecule has 0 aromatic carbocycles. The molecule has 2 unspecified atom stereocenters. The van der Waals surface area contributed by atoms with Crippen molar-refractivity contribution in [3.8, 4) is 0 Å². The second kappa shape index (κ2) is 6.01. The van der Waals surface area contributed by atoms with Crippen LogP contribution in [0.15, 0.2) is 0 Å². The summed E-state index contributed by atoms with van der Waals surface area (Å²) in [5, 5.41) is 18.7. The van der Waals surface area contributed by atoms with Gasteiger partial charge in [-0.3, -0.25) is 14.4 Å². The van der Waals surface area contributed by atoms with Crippen molar-refractivity contribution in [2.75, 3.05) is 6.54 Å². The van der Waals surface area contributed by atoms with E-state index in [0.29, 0.717) is 12.8 Å². The fraction of sp³-hybridized carbons (Fsp3) is 0.786. The molecule has 0 radical (unpaired) electrons. The number of primary amides is 1. The molecule has 2 amide bonds. The fourth-order valence-corrected chi connectivity index (χ4v) is 3.64. The van der Waals surface area contributed by atoms with E-state index >= 15 is 0 Å². The highest BCUT2D eigenvalue weighted by Gasteiger charge is 2.43. The Morgan fingerprint density at radius 1 is 1.19 bits per heavy atom. The van der Waals surface area contributed by atoms with Crippen molar-refractivity contribution in [2.45, 2.75) is 57.1 Å². The van der Waals surface area contributed by atoms with Gasteiger partial charge in [0.05, 0.1) is 12.5 Å². The number of carboxylic acid groups (broad SMARTS) is 1. The number of aliphatic hydroxyl groups is 1. The van der Waals surface area contributed by atoms with Crippen molar-refractivity contribution in [1.82, 2.24) is 4.90 Å². The van der Waals surface area contributed by atoms with Gasteiger partial charge in [-0.25, -0.2) is 0 Å². The smallest absolute Gasteiger partial charge is 0.303 e. The first kappa shape index (κ1) is 15.8. The predicted octanol–water partition coefficient (Wildman–Crippen LogP) is -0.141. The highest BCUT2D eigenvalue weighted by molar-refractivity contribution is 5.88. The Morgan fingerprint density at radius 2 is 1.81 bits per heavy atom. The van der Waals surface area contributed by atoms with Gasteiger partial charge < -0.3 is 20.8 Å². The van der Waals surface area contributed by atoms with Gasteiger partial charge in [0.2, 0.25) is 11.8 Å². The van der Waals surface area contributed by atoms with Gasteiger partial charge in [0.1, 0.15) is 6.04 Å². The Morgan fingerprint density at radius 3 is 2.33 bits per heavy atom. The van der Waals surface area contributed by atoms with E-state index in [9.17, 15) is 19.5 Å². The van der Waals surface area contributed by atoms with Crippen molar-refractivity contribution in [1.29, 1.82) is 0 Å². The molecule has 0 aromatic rings. The third-order valence-corrected chi connectivity index (χ3v) is 4.64. The molecule has 0 spiro atoms. The lowest BCUT2D eigenvalue weighted by Gasteiger charge is -2.30. The summed E-state index contributed by atoms with van der Waals surface area (Å²) in [4.78, 5) is 36.2. The number of amides is 2. The van der Waals surface area contributed by atoms with Crippen LogP contribution < -0.4 is 5.73 Å². The molecule has 1 aliphatic carbocycles. The van der Waals surface area contributed by atoms with Crippen LogP contribution in [-0.4, -0.2) is 51.6 Å². The van der Waals surface area contributed by atoms with Crippen LogP contribution >= 0.6 is 0 Å². The van der Waals surface area contributed by atoms with Gasteiger partial charge in [0, 0.05) is 19.4 Å². The molecule has 7 nitrogen and oxygen atoms in total.